The van der Waals surface area contributed by atoms with Crippen molar-refractivity contribution in [3.05, 3.63) is 72.9 Å². The molecular weight excluding hydrogens is 747 g/mol. The van der Waals surface area contributed by atoms with Crippen LogP contribution < -0.4 is 5.32 Å². The average Bonchev–Trinajstić information content (AvgIpc) is 3.26. The lowest BCUT2D eigenvalue weighted by Crippen LogP contribution is -2.45. The fraction of sp³-hybridized carbons (Fsp3) is 0.772. The number of carbonyl (C=O) groups excluding carboxylic acids is 1. The monoisotopic (exact) mass is 850 g/mol. The number of aliphatic hydroxyl groups excluding tert-OH is 2. The highest BCUT2D eigenvalue weighted by atomic mass is 16.3. The molecule has 0 saturated carbocycles. The minimum absolute atomic E-state index is 0.0631. The van der Waals surface area contributed by atoms with Gasteiger partial charge in [0.15, 0.2) is 0 Å². The van der Waals surface area contributed by atoms with Crippen molar-refractivity contribution in [3.8, 4) is 0 Å². The number of hydrogen-bond acceptors (Lipinski definition) is 3. The van der Waals surface area contributed by atoms with Crippen LogP contribution in [0.1, 0.15) is 264 Å². The molecule has 0 radical (unpaired) electrons. The van der Waals surface area contributed by atoms with E-state index in [9.17, 15) is 15.0 Å². The van der Waals surface area contributed by atoms with Gasteiger partial charge in [-0.15, -0.1) is 0 Å². The molecule has 0 bridgehead atoms. The van der Waals surface area contributed by atoms with Crippen molar-refractivity contribution < 1.29 is 15.0 Å². The molecule has 0 rings (SSSR count). The van der Waals surface area contributed by atoms with Gasteiger partial charge in [-0.1, -0.05) is 267 Å². The number of carbonyl (C=O) groups is 1. The molecule has 0 heterocycles. The van der Waals surface area contributed by atoms with Gasteiger partial charge in [0.25, 0.3) is 0 Å². The summed E-state index contributed by atoms with van der Waals surface area (Å²) in [7, 11) is 0. The van der Waals surface area contributed by atoms with Gasteiger partial charge in [-0.05, 0) is 64.2 Å². The molecule has 4 heteroatoms. The van der Waals surface area contributed by atoms with E-state index < -0.39 is 12.1 Å². The highest BCUT2D eigenvalue weighted by Crippen LogP contribution is 2.16. The summed E-state index contributed by atoms with van der Waals surface area (Å²) >= 11 is 0. The standard InChI is InChI=1S/C57H103NO3/c1-3-5-7-9-11-13-15-17-19-20-21-22-23-24-25-26-27-28-29-30-31-32-33-34-35-36-37-38-39-41-43-45-47-49-51-53-57(61)58-55(54-59)56(60)52-50-48-46-44-42-40-18-16-14-12-10-8-6-4-2/h5,7,11,13,17,19,21-22,24-25,50,52,55-56,59-60H,3-4,6,8-10,12,14-16,18,20,23,26-49,51,53-54H2,1-2H3,(H,58,61)/b7-5-,13-11-,19-17-,22-21-,25-24-,52-50+. The maximum atomic E-state index is 12.4. The lowest BCUT2D eigenvalue weighted by molar-refractivity contribution is -0.123. The summed E-state index contributed by atoms with van der Waals surface area (Å²) in [6.45, 7) is 4.20. The van der Waals surface area contributed by atoms with Gasteiger partial charge >= 0.3 is 0 Å². The Morgan fingerprint density at radius 1 is 0.410 bits per heavy atom. The maximum absolute atomic E-state index is 12.4. The Morgan fingerprint density at radius 3 is 1.08 bits per heavy atom. The number of amides is 1. The van der Waals surface area contributed by atoms with E-state index in [4.69, 9.17) is 0 Å². The molecule has 0 aliphatic rings. The molecule has 0 spiro atoms. The quantitative estimate of drug-likeness (QED) is 0.0422. The first kappa shape index (κ1) is 58.8. The summed E-state index contributed by atoms with van der Waals surface area (Å²) in [5, 5.41) is 23.1. The first-order valence-electron chi connectivity index (χ1n) is 26.7. The fourth-order valence-corrected chi connectivity index (χ4v) is 7.91. The molecule has 0 fully saturated rings. The van der Waals surface area contributed by atoms with Crippen molar-refractivity contribution in [1.29, 1.82) is 0 Å². The van der Waals surface area contributed by atoms with Crippen LogP contribution in [0, 0.1) is 0 Å². The van der Waals surface area contributed by atoms with E-state index in [1.807, 2.05) is 6.08 Å². The molecule has 0 aromatic heterocycles. The van der Waals surface area contributed by atoms with Gasteiger partial charge in [0.2, 0.25) is 5.91 Å². The Kier molecular flexibility index (Phi) is 50.3. The first-order chi connectivity index (χ1) is 30.2. The second-order valence-electron chi connectivity index (χ2n) is 17.9. The Labute approximate surface area is 380 Å². The number of unbranched alkanes of at least 4 members (excludes halogenated alkanes) is 31. The van der Waals surface area contributed by atoms with E-state index in [0.29, 0.717) is 6.42 Å². The van der Waals surface area contributed by atoms with Crippen LogP contribution in [0.3, 0.4) is 0 Å². The van der Waals surface area contributed by atoms with Crippen LogP contribution in [0.15, 0.2) is 72.9 Å². The molecule has 0 aromatic carbocycles. The predicted molar refractivity (Wildman–Crippen MR) is 271 cm³/mol. The zero-order valence-electron chi connectivity index (χ0n) is 40.7. The lowest BCUT2D eigenvalue weighted by Gasteiger charge is -2.20. The molecular formula is C57H103NO3. The molecule has 354 valence electrons. The Hall–Kier alpha value is -2.17. The van der Waals surface area contributed by atoms with Crippen LogP contribution >= 0.6 is 0 Å². The molecule has 4 nitrogen and oxygen atoms in total. The van der Waals surface area contributed by atoms with Crippen molar-refractivity contribution in [2.75, 3.05) is 6.61 Å². The second kappa shape index (κ2) is 52.2. The number of nitrogens with one attached hydrogen (secondary N) is 1. The largest absolute Gasteiger partial charge is 0.394 e. The van der Waals surface area contributed by atoms with Crippen LogP contribution in [-0.4, -0.2) is 34.9 Å². The van der Waals surface area contributed by atoms with Gasteiger partial charge in [-0.2, -0.15) is 0 Å². The van der Waals surface area contributed by atoms with Crippen molar-refractivity contribution in [3.63, 3.8) is 0 Å². The van der Waals surface area contributed by atoms with Gasteiger partial charge in [0.1, 0.15) is 0 Å². The van der Waals surface area contributed by atoms with E-state index in [-0.39, 0.29) is 12.5 Å². The average molecular weight is 850 g/mol. The van der Waals surface area contributed by atoms with E-state index in [2.05, 4.69) is 79.9 Å². The van der Waals surface area contributed by atoms with Crippen LogP contribution in [0.4, 0.5) is 0 Å². The normalized spacial score (nSPS) is 13.4. The molecule has 1 amide bonds. The fourth-order valence-electron chi connectivity index (χ4n) is 7.91. The third-order valence-electron chi connectivity index (χ3n) is 11.9. The molecule has 0 aliphatic heterocycles. The number of hydrogen-bond donors (Lipinski definition) is 3. The van der Waals surface area contributed by atoms with Crippen molar-refractivity contribution in [2.24, 2.45) is 0 Å². The highest BCUT2D eigenvalue weighted by Gasteiger charge is 2.18. The van der Waals surface area contributed by atoms with Crippen molar-refractivity contribution >= 4 is 5.91 Å². The summed E-state index contributed by atoms with van der Waals surface area (Å²) in [4.78, 5) is 12.4. The number of aliphatic hydroxyl groups is 2. The van der Waals surface area contributed by atoms with Crippen LogP contribution in [0.25, 0.3) is 0 Å². The number of allylic oxidation sites excluding steroid dienone is 11. The van der Waals surface area contributed by atoms with Crippen LogP contribution in [0.2, 0.25) is 0 Å². The predicted octanol–water partition coefficient (Wildman–Crippen LogP) is 17.4. The smallest absolute Gasteiger partial charge is 0.220 e. The van der Waals surface area contributed by atoms with Gasteiger partial charge < -0.3 is 15.5 Å². The maximum Gasteiger partial charge on any atom is 0.220 e. The zero-order valence-corrected chi connectivity index (χ0v) is 40.7. The minimum Gasteiger partial charge on any atom is -0.394 e. The third-order valence-corrected chi connectivity index (χ3v) is 11.9. The van der Waals surface area contributed by atoms with E-state index >= 15 is 0 Å². The molecule has 0 saturated heterocycles. The summed E-state index contributed by atoms with van der Waals surface area (Å²) in [6.07, 6.45) is 74.8. The molecule has 3 N–H and O–H groups in total. The molecule has 0 aliphatic carbocycles. The number of rotatable bonds is 48. The minimum atomic E-state index is -0.839. The van der Waals surface area contributed by atoms with Crippen molar-refractivity contribution in [2.45, 2.75) is 276 Å². The van der Waals surface area contributed by atoms with Gasteiger partial charge in [-0.25, -0.2) is 0 Å². The second-order valence-corrected chi connectivity index (χ2v) is 17.9. The molecule has 0 aromatic rings. The Balaban J connectivity index is 3.46. The topological polar surface area (TPSA) is 69.6 Å². The van der Waals surface area contributed by atoms with Gasteiger partial charge in [0.05, 0.1) is 18.8 Å². The zero-order chi connectivity index (χ0) is 44.2. The van der Waals surface area contributed by atoms with Gasteiger partial charge in [-0.3, -0.25) is 4.79 Å². The summed E-state index contributed by atoms with van der Waals surface area (Å²) in [5.74, 6) is -0.0631. The van der Waals surface area contributed by atoms with Crippen molar-refractivity contribution in [1.82, 2.24) is 5.32 Å². The van der Waals surface area contributed by atoms with Crippen LogP contribution in [0.5, 0.6) is 0 Å². The SMILES string of the molecule is CC/C=C\C/C=C\C/C=C\C/C=C\C/C=C\CCCCCCCCCCCCCCCCCCCCCC(=O)NC(CO)C(O)/C=C/CCCCCCCCCCCCCC. The molecule has 2 atom stereocenters. The summed E-state index contributed by atoms with van der Waals surface area (Å²) in [6, 6.07) is -0.622. The Bertz CT molecular complexity index is 1050. The molecule has 2 unspecified atom stereocenters. The van der Waals surface area contributed by atoms with E-state index in [1.54, 1.807) is 6.08 Å². The van der Waals surface area contributed by atoms with E-state index in [1.165, 1.54) is 186 Å². The summed E-state index contributed by atoms with van der Waals surface area (Å²) in [5.41, 5.74) is 0. The molecule has 61 heavy (non-hydrogen) atoms. The van der Waals surface area contributed by atoms with Gasteiger partial charge in [0, 0.05) is 6.42 Å². The third kappa shape index (κ3) is 48.7. The summed E-state index contributed by atoms with van der Waals surface area (Å²) < 4.78 is 0. The first-order valence-corrected chi connectivity index (χ1v) is 26.7. The lowest BCUT2D eigenvalue weighted by atomic mass is 10.0. The van der Waals surface area contributed by atoms with Crippen LogP contribution in [-0.2, 0) is 4.79 Å². The Morgan fingerprint density at radius 2 is 0.721 bits per heavy atom. The highest BCUT2D eigenvalue weighted by molar-refractivity contribution is 5.76. The van der Waals surface area contributed by atoms with E-state index in [0.717, 1.165) is 57.8 Å².